The van der Waals surface area contributed by atoms with Gasteiger partial charge in [-0.15, -0.1) is 13.2 Å². The van der Waals surface area contributed by atoms with E-state index in [0.29, 0.717) is 12.1 Å². The highest BCUT2D eigenvalue weighted by atomic mass is 19.4. The second-order valence-corrected chi connectivity index (χ2v) is 5.82. The Morgan fingerprint density at radius 1 is 0.767 bits per heavy atom. The molecule has 0 spiro atoms. The molecule has 0 fully saturated rings. The van der Waals surface area contributed by atoms with Gasteiger partial charge in [0, 0.05) is 17.1 Å². The Labute approximate surface area is 161 Å². The number of fused-ring (bicyclic) bond motifs is 1. The molecular weight excluding hydrogens is 433 g/mol. The maximum absolute atomic E-state index is 13.1. The summed E-state index contributed by atoms with van der Waals surface area (Å²) in [5, 5.41) is 2.15. The zero-order valence-electron chi connectivity index (χ0n) is 14.2. The van der Waals surface area contributed by atoms with E-state index in [9.17, 15) is 39.5 Å². The number of hydrogen-bond acceptors (Lipinski definition) is 4. The van der Waals surface area contributed by atoms with Crippen LogP contribution in [-0.4, -0.2) is 16.3 Å². The number of halogens is 9. The lowest BCUT2D eigenvalue weighted by atomic mass is 10.1. The van der Waals surface area contributed by atoms with Crippen molar-refractivity contribution in [1.29, 1.82) is 0 Å². The van der Waals surface area contributed by atoms with Gasteiger partial charge in [-0.25, -0.2) is 9.97 Å². The molecule has 13 heteroatoms. The van der Waals surface area contributed by atoms with Gasteiger partial charge in [-0.3, -0.25) is 0 Å². The summed E-state index contributed by atoms with van der Waals surface area (Å²) in [6.45, 7) is 0. The quantitative estimate of drug-likeness (QED) is 0.484. The fourth-order valence-electron chi connectivity index (χ4n) is 2.44. The molecule has 4 nitrogen and oxygen atoms in total. The molecule has 1 N–H and O–H groups in total. The van der Waals surface area contributed by atoms with Crippen LogP contribution in [0.5, 0.6) is 5.75 Å². The average Bonchev–Trinajstić information content (AvgIpc) is 2.58. The summed E-state index contributed by atoms with van der Waals surface area (Å²) in [4.78, 5) is 6.41. The number of hydrogen-bond donors (Lipinski definition) is 1. The van der Waals surface area contributed by atoms with E-state index in [1.165, 1.54) is 6.07 Å². The second kappa shape index (κ2) is 7.22. The zero-order valence-corrected chi connectivity index (χ0v) is 14.2. The SMILES string of the molecule is FC(F)(F)Oc1cccc(Nc2nc(C(F)(F)F)nc3cc(C(F)(F)F)ccc23)c1. The molecule has 1 heterocycles. The highest BCUT2D eigenvalue weighted by molar-refractivity contribution is 5.91. The van der Waals surface area contributed by atoms with E-state index in [1.807, 2.05) is 0 Å². The maximum atomic E-state index is 13.1. The number of benzene rings is 2. The predicted octanol–water partition coefficient (Wildman–Crippen LogP) is 6.31. The topological polar surface area (TPSA) is 47.0 Å². The second-order valence-electron chi connectivity index (χ2n) is 5.82. The van der Waals surface area contributed by atoms with Crippen LogP contribution in [0.2, 0.25) is 0 Å². The summed E-state index contributed by atoms with van der Waals surface area (Å²) < 4.78 is 119. The fraction of sp³-hybridized carbons (Fsp3) is 0.176. The van der Waals surface area contributed by atoms with Crippen LogP contribution in [0.1, 0.15) is 11.4 Å². The monoisotopic (exact) mass is 441 g/mol. The van der Waals surface area contributed by atoms with Crippen molar-refractivity contribution in [3.05, 3.63) is 53.9 Å². The minimum Gasteiger partial charge on any atom is -0.406 e. The Morgan fingerprint density at radius 3 is 2.07 bits per heavy atom. The van der Waals surface area contributed by atoms with Gasteiger partial charge >= 0.3 is 18.7 Å². The largest absolute Gasteiger partial charge is 0.573 e. The average molecular weight is 441 g/mol. The Bertz CT molecular complexity index is 1070. The summed E-state index contributed by atoms with van der Waals surface area (Å²) in [5.41, 5.74) is -2.03. The van der Waals surface area contributed by atoms with Gasteiger partial charge in [0.25, 0.3) is 0 Å². The van der Waals surface area contributed by atoms with Crippen LogP contribution >= 0.6 is 0 Å². The van der Waals surface area contributed by atoms with E-state index in [1.54, 1.807) is 0 Å². The van der Waals surface area contributed by atoms with E-state index >= 15 is 0 Å². The first-order chi connectivity index (χ1) is 13.7. The Hall–Kier alpha value is -3.25. The summed E-state index contributed by atoms with van der Waals surface area (Å²) in [6, 6.07) is 6.00. The van der Waals surface area contributed by atoms with Gasteiger partial charge in [0.2, 0.25) is 5.82 Å². The first-order valence-corrected chi connectivity index (χ1v) is 7.81. The first-order valence-electron chi connectivity index (χ1n) is 7.81. The van der Waals surface area contributed by atoms with Gasteiger partial charge in [-0.05, 0) is 30.3 Å². The van der Waals surface area contributed by atoms with Gasteiger partial charge in [-0.2, -0.15) is 26.3 Å². The van der Waals surface area contributed by atoms with Crippen molar-refractivity contribution in [2.24, 2.45) is 0 Å². The van der Waals surface area contributed by atoms with Gasteiger partial charge in [0.15, 0.2) is 0 Å². The van der Waals surface area contributed by atoms with Crippen molar-refractivity contribution >= 4 is 22.4 Å². The summed E-state index contributed by atoms with van der Waals surface area (Å²) in [6.07, 6.45) is -14.9. The minimum absolute atomic E-state index is 0.148. The molecule has 0 radical (unpaired) electrons. The van der Waals surface area contributed by atoms with Gasteiger partial charge in [0.1, 0.15) is 11.6 Å². The van der Waals surface area contributed by atoms with Crippen molar-refractivity contribution in [3.63, 3.8) is 0 Å². The predicted molar refractivity (Wildman–Crippen MR) is 85.9 cm³/mol. The summed E-state index contributed by atoms with van der Waals surface area (Å²) >= 11 is 0. The number of ether oxygens (including phenoxy) is 1. The van der Waals surface area contributed by atoms with Crippen molar-refractivity contribution in [2.75, 3.05) is 5.32 Å². The minimum atomic E-state index is -5.08. The van der Waals surface area contributed by atoms with Crippen molar-refractivity contribution < 1.29 is 44.3 Å². The first kappa shape index (κ1) is 21.5. The van der Waals surface area contributed by atoms with Crippen molar-refractivity contribution in [2.45, 2.75) is 18.7 Å². The third-order valence-electron chi connectivity index (χ3n) is 3.61. The van der Waals surface area contributed by atoms with E-state index < -0.39 is 47.2 Å². The molecule has 3 aromatic rings. The van der Waals surface area contributed by atoms with Crippen LogP contribution in [0.25, 0.3) is 10.9 Å². The number of aromatic nitrogens is 2. The maximum Gasteiger partial charge on any atom is 0.573 e. The van der Waals surface area contributed by atoms with Crippen molar-refractivity contribution in [3.8, 4) is 5.75 Å². The summed E-state index contributed by atoms with van der Waals surface area (Å²) in [5.74, 6) is -2.94. The molecule has 160 valence electrons. The number of nitrogens with zero attached hydrogens (tertiary/aromatic N) is 2. The summed E-state index contributed by atoms with van der Waals surface area (Å²) in [7, 11) is 0. The molecule has 2 aromatic carbocycles. The molecule has 30 heavy (non-hydrogen) atoms. The lowest BCUT2D eigenvalue weighted by Crippen LogP contribution is -2.17. The highest BCUT2D eigenvalue weighted by Crippen LogP contribution is 2.36. The molecule has 1 aromatic heterocycles. The van der Waals surface area contributed by atoms with E-state index in [0.717, 1.165) is 24.3 Å². The molecule has 0 unspecified atom stereocenters. The molecule has 0 aliphatic rings. The molecule has 0 bridgehead atoms. The van der Waals surface area contributed by atoms with Crippen LogP contribution in [-0.2, 0) is 12.4 Å². The van der Waals surface area contributed by atoms with E-state index in [4.69, 9.17) is 0 Å². The van der Waals surface area contributed by atoms with Crippen molar-refractivity contribution in [1.82, 2.24) is 9.97 Å². The zero-order chi connectivity index (χ0) is 22.3. The molecular formula is C17H8F9N3O. The number of nitrogens with one attached hydrogen (secondary N) is 1. The number of rotatable bonds is 3. The highest BCUT2D eigenvalue weighted by Gasteiger charge is 2.37. The van der Waals surface area contributed by atoms with Crippen LogP contribution in [0.15, 0.2) is 42.5 Å². The van der Waals surface area contributed by atoms with Gasteiger partial charge in [0.05, 0.1) is 11.1 Å². The molecule has 0 atom stereocenters. The van der Waals surface area contributed by atoms with Crippen LogP contribution in [0.4, 0.5) is 51.0 Å². The third kappa shape index (κ3) is 5.02. The van der Waals surface area contributed by atoms with Crippen LogP contribution in [0, 0.1) is 0 Å². The lowest BCUT2D eigenvalue weighted by molar-refractivity contribution is -0.274. The molecule has 0 saturated carbocycles. The molecule has 0 aliphatic carbocycles. The molecule has 0 aliphatic heterocycles. The Kier molecular flexibility index (Phi) is 5.16. The molecule has 0 amide bonds. The standard InChI is InChI=1S/C17H8F9N3O/c18-15(19,20)8-4-5-11-12(6-8)28-14(16(21,22)23)29-13(11)27-9-2-1-3-10(7-9)30-17(24,25)26/h1-7H,(H,27,28,29). The normalized spacial score (nSPS) is 12.8. The van der Waals surface area contributed by atoms with Gasteiger partial charge in [-0.1, -0.05) is 6.07 Å². The van der Waals surface area contributed by atoms with Crippen LogP contribution in [0.3, 0.4) is 0 Å². The lowest BCUT2D eigenvalue weighted by Gasteiger charge is -2.15. The molecule has 0 saturated heterocycles. The Balaban J connectivity index is 2.09. The number of anilines is 2. The third-order valence-corrected chi connectivity index (χ3v) is 3.61. The number of alkyl halides is 9. The van der Waals surface area contributed by atoms with E-state index in [2.05, 4.69) is 20.0 Å². The van der Waals surface area contributed by atoms with Gasteiger partial charge < -0.3 is 10.1 Å². The fourth-order valence-corrected chi connectivity index (χ4v) is 2.44. The Morgan fingerprint density at radius 2 is 1.47 bits per heavy atom. The molecule has 3 rings (SSSR count). The van der Waals surface area contributed by atoms with Crippen LogP contribution < -0.4 is 10.1 Å². The van der Waals surface area contributed by atoms with E-state index in [-0.39, 0.29) is 11.1 Å². The smallest absolute Gasteiger partial charge is 0.406 e.